The first-order valence-corrected chi connectivity index (χ1v) is 12.4. The van der Waals surface area contributed by atoms with Gasteiger partial charge in [-0.1, -0.05) is 49.9 Å². The number of nitrogens with one attached hydrogen (secondary N) is 1. The largest absolute Gasteiger partial charge is 0.323 e. The van der Waals surface area contributed by atoms with Gasteiger partial charge in [0.25, 0.3) is 0 Å². The fourth-order valence-corrected chi connectivity index (χ4v) is 4.96. The van der Waals surface area contributed by atoms with Crippen molar-refractivity contribution in [1.29, 1.82) is 0 Å². The van der Waals surface area contributed by atoms with Crippen LogP contribution in [0.5, 0.6) is 0 Å². The van der Waals surface area contributed by atoms with E-state index in [1.165, 1.54) is 17.3 Å². The molecule has 3 heterocycles. The number of aromatic nitrogens is 6. The van der Waals surface area contributed by atoms with Crippen molar-refractivity contribution in [1.82, 2.24) is 28.5 Å². The van der Waals surface area contributed by atoms with Crippen LogP contribution in [-0.2, 0) is 4.79 Å². The molecule has 0 bridgehead atoms. The van der Waals surface area contributed by atoms with Crippen LogP contribution in [0.1, 0.15) is 25.3 Å². The van der Waals surface area contributed by atoms with Crippen molar-refractivity contribution in [3.63, 3.8) is 0 Å². The molecule has 0 aliphatic heterocycles. The Labute approximate surface area is 204 Å². The maximum atomic E-state index is 12.8. The number of anilines is 1. The normalized spacial score (nSPS) is 11.3. The second kappa shape index (κ2) is 9.70. The molecule has 2 aromatic carbocycles. The SMILES string of the molecule is CC(C)c1ccccc1-n1c(SCC(=O)Nc2cccc3nsnc23)nnc1-c1cccnc1. The number of amides is 1. The molecule has 0 saturated heterocycles. The first kappa shape index (κ1) is 22.2. The summed E-state index contributed by atoms with van der Waals surface area (Å²) in [6.45, 7) is 4.31. The third kappa shape index (κ3) is 4.42. The maximum absolute atomic E-state index is 12.8. The second-order valence-electron chi connectivity index (χ2n) is 7.87. The minimum absolute atomic E-state index is 0.153. The summed E-state index contributed by atoms with van der Waals surface area (Å²) in [4.78, 5) is 17.0. The lowest BCUT2D eigenvalue weighted by Crippen LogP contribution is -2.15. The molecule has 8 nitrogen and oxygen atoms in total. The average molecular weight is 488 g/mol. The third-order valence-corrected chi connectivity index (χ3v) is 6.72. The second-order valence-corrected chi connectivity index (χ2v) is 9.34. The summed E-state index contributed by atoms with van der Waals surface area (Å²) in [5.74, 6) is 0.999. The molecule has 0 fully saturated rings. The van der Waals surface area contributed by atoms with Crippen LogP contribution < -0.4 is 5.32 Å². The Morgan fingerprint density at radius 1 is 1.06 bits per heavy atom. The van der Waals surface area contributed by atoms with E-state index in [1.54, 1.807) is 12.4 Å². The Morgan fingerprint density at radius 3 is 2.76 bits per heavy atom. The van der Waals surface area contributed by atoms with Gasteiger partial charge >= 0.3 is 0 Å². The molecule has 1 N–H and O–H groups in total. The van der Waals surface area contributed by atoms with Gasteiger partial charge in [-0.05, 0) is 41.8 Å². The van der Waals surface area contributed by atoms with Crippen molar-refractivity contribution >= 4 is 46.1 Å². The number of thioether (sulfide) groups is 1. The third-order valence-electron chi connectivity index (χ3n) is 5.25. The smallest absolute Gasteiger partial charge is 0.234 e. The van der Waals surface area contributed by atoms with Crippen molar-refractivity contribution in [2.24, 2.45) is 0 Å². The number of pyridine rings is 1. The number of benzene rings is 2. The van der Waals surface area contributed by atoms with Gasteiger partial charge in [0.15, 0.2) is 11.0 Å². The zero-order valence-corrected chi connectivity index (χ0v) is 20.2. The standard InChI is InChI=1S/C24H21N7OS2/c1-15(2)17-8-3-4-11-20(17)31-23(16-7-6-12-25-13-16)27-28-24(31)33-14-21(32)26-18-9-5-10-19-22(18)30-34-29-19/h3-13,15H,14H2,1-2H3,(H,26,32). The van der Waals surface area contributed by atoms with Crippen LogP contribution in [-0.4, -0.2) is 40.2 Å². The summed E-state index contributed by atoms with van der Waals surface area (Å²) in [6.07, 6.45) is 3.49. The predicted molar refractivity (Wildman–Crippen MR) is 135 cm³/mol. The van der Waals surface area contributed by atoms with Gasteiger partial charge in [0, 0.05) is 18.0 Å². The molecule has 3 aromatic heterocycles. The summed E-state index contributed by atoms with van der Waals surface area (Å²) in [5, 5.41) is 12.5. The molecule has 10 heteroatoms. The van der Waals surface area contributed by atoms with Crippen LogP contribution in [0, 0.1) is 0 Å². The van der Waals surface area contributed by atoms with Crippen molar-refractivity contribution in [3.8, 4) is 17.1 Å². The Morgan fingerprint density at radius 2 is 1.94 bits per heavy atom. The molecular weight excluding hydrogens is 466 g/mol. The number of carbonyl (C=O) groups is 1. The first-order chi connectivity index (χ1) is 16.6. The van der Waals surface area contributed by atoms with E-state index in [4.69, 9.17) is 0 Å². The predicted octanol–water partition coefficient (Wildman–Crippen LogP) is 5.19. The zero-order chi connectivity index (χ0) is 23.5. The molecule has 0 atom stereocenters. The van der Waals surface area contributed by atoms with E-state index in [0.29, 0.717) is 28.1 Å². The lowest BCUT2D eigenvalue weighted by molar-refractivity contribution is -0.113. The van der Waals surface area contributed by atoms with Crippen molar-refractivity contribution in [2.45, 2.75) is 24.9 Å². The van der Waals surface area contributed by atoms with Gasteiger partial charge in [-0.3, -0.25) is 14.3 Å². The average Bonchev–Trinajstić information content (AvgIpc) is 3.51. The van der Waals surface area contributed by atoms with Gasteiger partial charge in [-0.25, -0.2) is 0 Å². The van der Waals surface area contributed by atoms with Crippen LogP contribution in [0.4, 0.5) is 5.69 Å². The number of carbonyl (C=O) groups excluding carboxylic acids is 1. The molecule has 0 radical (unpaired) electrons. The van der Waals surface area contributed by atoms with E-state index < -0.39 is 0 Å². The number of rotatable bonds is 7. The zero-order valence-electron chi connectivity index (χ0n) is 18.5. The van der Waals surface area contributed by atoms with E-state index in [2.05, 4.69) is 55.2 Å². The Kier molecular flexibility index (Phi) is 6.33. The first-order valence-electron chi connectivity index (χ1n) is 10.7. The fraction of sp³-hybridized carbons (Fsp3) is 0.167. The monoisotopic (exact) mass is 487 g/mol. The molecule has 34 heavy (non-hydrogen) atoms. The quantitative estimate of drug-likeness (QED) is 0.316. The van der Waals surface area contributed by atoms with E-state index in [-0.39, 0.29) is 11.7 Å². The van der Waals surface area contributed by atoms with Gasteiger partial charge in [-0.15, -0.1) is 10.2 Å². The molecule has 0 spiro atoms. The molecule has 170 valence electrons. The lowest BCUT2D eigenvalue weighted by atomic mass is 10.0. The molecular formula is C24H21N7OS2. The number of fused-ring (bicyclic) bond motifs is 1. The van der Waals surface area contributed by atoms with Crippen LogP contribution in [0.2, 0.25) is 0 Å². The number of nitrogens with zero attached hydrogens (tertiary/aromatic N) is 6. The van der Waals surface area contributed by atoms with Crippen LogP contribution in [0.15, 0.2) is 72.1 Å². The summed E-state index contributed by atoms with van der Waals surface area (Å²) in [5.41, 5.74) is 5.12. The molecule has 0 saturated carbocycles. The number of hydrogen-bond donors (Lipinski definition) is 1. The molecule has 1 amide bonds. The molecule has 0 aliphatic rings. The Balaban J connectivity index is 1.46. The van der Waals surface area contributed by atoms with Gasteiger partial charge in [0.05, 0.1) is 28.9 Å². The molecule has 5 aromatic rings. The lowest BCUT2D eigenvalue weighted by Gasteiger charge is -2.16. The highest BCUT2D eigenvalue weighted by Crippen LogP contribution is 2.32. The van der Waals surface area contributed by atoms with Crippen molar-refractivity contribution < 1.29 is 4.79 Å². The highest BCUT2D eigenvalue weighted by Gasteiger charge is 2.20. The summed E-state index contributed by atoms with van der Waals surface area (Å²) >= 11 is 2.46. The van der Waals surface area contributed by atoms with Crippen LogP contribution >= 0.6 is 23.5 Å². The van der Waals surface area contributed by atoms with E-state index in [9.17, 15) is 4.79 Å². The fourth-order valence-electron chi connectivity index (χ4n) is 3.67. The molecule has 5 rings (SSSR count). The van der Waals surface area contributed by atoms with Crippen molar-refractivity contribution in [2.75, 3.05) is 11.1 Å². The summed E-state index contributed by atoms with van der Waals surface area (Å²) < 4.78 is 10.5. The van der Waals surface area contributed by atoms with Gasteiger partial charge in [-0.2, -0.15) is 8.75 Å². The van der Waals surface area contributed by atoms with Gasteiger partial charge in [0.1, 0.15) is 11.0 Å². The van der Waals surface area contributed by atoms with E-state index in [1.807, 2.05) is 47.0 Å². The van der Waals surface area contributed by atoms with Crippen LogP contribution in [0.3, 0.4) is 0 Å². The van der Waals surface area contributed by atoms with E-state index in [0.717, 1.165) is 28.5 Å². The molecule has 0 unspecified atom stereocenters. The van der Waals surface area contributed by atoms with Crippen LogP contribution in [0.25, 0.3) is 28.1 Å². The number of para-hydroxylation sites is 1. The maximum Gasteiger partial charge on any atom is 0.234 e. The Hall–Kier alpha value is -3.63. The highest BCUT2D eigenvalue weighted by molar-refractivity contribution is 7.99. The highest BCUT2D eigenvalue weighted by atomic mass is 32.2. The molecule has 0 aliphatic carbocycles. The summed E-state index contributed by atoms with van der Waals surface area (Å²) in [7, 11) is 0. The van der Waals surface area contributed by atoms with E-state index >= 15 is 0 Å². The number of hydrogen-bond acceptors (Lipinski definition) is 8. The minimum Gasteiger partial charge on any atom is -0.323 e. The minimum atomic E-state index is -0.153. The van der Waals surface area contributed by atoms with Gasteiger partial charge < -0.3 is 5.32 Å². The summed E-state index contributed by atoms with van der Waals surface area (Å²) in [6, 6.07) is 17.6. The Bertz CT molecular complexity index is 1450. The van der Waals surface area contributed by atoms with Crippen molar-refractivity contribution in [3.05, 3.63) is 72.6 Å². The topological polar surface area (TPSA) is 98.5 Å². The van der Waals surface area contributed by atoms with Gasteiger partial charge in [0.2, 0.25) is 5.91 Å².